The summed E-state index contributed by atoms with van der Waals surface area (Å²) in [6.45, 7) is 0. The van der Waals surface area contributed by atoms with Gasteiger partial charge in [-0.3, -0.25) is 25.7 Å². The average molecular weight is 296 g/mol. The molecule has 0 amide bonds. The van der Waals surface area contributed by atoms with Gasteiger partial charge in [-0.2, -0.15) is 16.9 Å². The second kappa shape index (κ2) is 6.33. The van der Waals surface area contributed by atoms with Crippen LogP contribution >= 0.6 is 11.8 Å². The molecule has 0 aromatic heterocycles. The quantitative estimate of drug-likeness (QED) is 0.675. The van der Waals surface area contributed by atoms with Crippen molar-refractivity contribution in [1.29, 1.82) is 0 Å². The summed E-state index contributed by atoms with van der Waals surface area (Å²) in [5, 5.41) is 25.7. The van der Waals surface area contributed by atoms with Crippen LogP contribution in [0.25, 0.3) is 0 Å². The molecular formula is C11H12N4O4S. The molecule has 0 saturated carbocycles. The molecule has 1 N–H and O–H groups in total. The molecule has 1 aromatic rings. The van der Waals surface area contributed by atoms with Crippen molar-refractivity contribution in [3.8, 4) is 0 Å². The van der Waals surface area contributed by atoms with Gasteiger partial charge in [0.1, 0.15) is 5.69 Å². The average Bonchev–Trinajstić information content (AvgIpc) is 2.45. The third kappa shape index (κ3) is 3.44. The van der Waals surface area contributed by atoms with Crippen molar-refractivity contribution in [3.05, 3.63) is 38.4 Å². The minimum Gasteiger partial charge on any atom is -0.272 e. The van der Waals surface area contributed by atoms with Crippen LogP contribution in [0.15, 0.2) is 23.3 Å². The van der Waals surface area contributed by atoms with E-state index in [4.69, 9.17) is 0 Å². The van der Waals surface area contributed by atoms with E-state index in [0.29, 0.717) is 0 Å². The number of hydrogen-bond acceptors (Lipinski definition) is 7. The van der Waals surface area contributed by atoms with Gasteiger partial charge in [0.25, 0.3) is 5.69 Å². The van der Waals surface area contributed by atoms with Gasteiger partial charge in [0, 0.05) is 11.8 Å². The number of nitrogens with one attached hydrogen (secondary N) is 1. The Balaban J connectivity index is 2.22. The lowest BCUT2D eigenvalue weighted by molar-refractivity contribution is -0.393. The van der Waals surface area contributed by atoms with Crippen LogP contribution in [0.5, 0.6) is 0 Å². The summed E-state index contributed by atoms with van der Waals surface area (Å²) < 4.78 is 0. The number of rotatable bonds is 4. The molecule has 106 valence electrons. The summed E-state index contributed by atoms with van der Waals surface area (Å²) in [5.74, 6) is 1.98. The van der Waals surface area contributed by atoms with Crippen molar-refractivity contribution in [2.45, 2.75) is 12.8 Å². The van der Waals surface area contributed by atoms with E-state index in [1.165, 1.54) is 12.1 Å². The Morgan fingerprint density at radius 1 is 1.15 bits per heavy atom. The molecule has 0 bridgehead atoms. The topological polar surface area (TPSA) is 111 Å². The van der Waals surface area contributed by atoms with Crippen LogP contribution in [0.1, 0.15) is 12.8 Å². The van der Waals surface area contributed by atoms with Crippen molar-refractivity contribution < 1.29 is 9.85 Å². The fourth-order valence-corrected chi connectivity index (χ4v) is 2.70. The van der Waals surface area contributed by atoms with E-state index in [2.05, 4.69) is 10.5 Å². The molecule has 0 unspecified atom stereocenters. The number of non-ortho nitro benzene ring substituents is 1. The second-order valence-electron chi connectivity index (χ2n) is 4.12. The summed E-state index contributed by atoms with van der Waals surface area (Å²) >= 11 is 1.84. The Bertz CT molecular complexity index is 568. The Morgan fingerprint density at radius 2 is 1.85 bits per heavy atom. The molecule has 2 rings (SSSR count). The van der Waals surface area contributed by atoms with Gasteiger partial charge in [0.2, 0.25) is 0 Å². The van der Waals surface area contributed by atoms with E-state index in [1.807, 2.05) is 11.8 Å². The fourth-order valence-electron chi connectivity index (χ4n) is 1.74. The van der Waals surface area contributed by atoms with Crippen molar-refractivity contribution in [2.75, 3.05) is 16.9 Å². The largest absolute Gasteiger partial charge is 0.301 e. The highest BCUT2D eigenvalue weighted by Gasteiger charge is 2.19. The number of hydrazone groups is 1. The van der Waals surface area contributed by atoms with Crippen LogP contribution in [0.3, 0.4) is 0 Å². The lowest BCUT2D eigenvalue weighted by Crippen LogP contribution is -2.10. The number of nitro benzene ring substituents is 2. The lowest BCUT2D eigenvalue weighted by atomic mass is 10.2. The second-order valence-corrected chi connectivity index (χ2v) is 5.34. The molecule has 0 radical (unpaired) electrons. The van der Waals surface area contributed by atoms with E-state index in [9.17, 15) is 20.2 Å². The first-order valence-corrected chi connectivity index (χ1v) is 7.05. The van der Waals surface area contributed by atoms with Crippen LogP contribution in [-0.4, -0.2) is 27.1 Å². The molecule has 9 heteroatoms. The number of nitrogens with zero attached hydrogens (tertiary/aromatic N) is 3. The van der Waals surface area contributed by atoms with Gasteiger partial charge in [-0.25, -0.2) is 0 Å². The van der Waals surface area contributed by atoms with Crippen LogP contribution in [0, 0.1) is 20.2 Å². The molecule has 1 saturated heterocycles. The number of anilines is 1. The van der Waals surface area contributed by atoms with Crippen molar-refractivity contribution in [1.82, 2.24) is 0 Å². The van der Waals surface area contributed by atoms with Crippen LogP contribution < -0.4 is 5.43 Å². The first-order valence-electron chi connectivity index (χ1n) is 5.90. The van der Waals surface area contributed by atoms with E-state index >= 15 is 0 Å². The van der Waals surface area contributed by atoms with Gasteiger partial charge < -0.3 is 0 Å². The number of hydrogen-bond donors (Lipinski definition) is 1. The highest BCUT2D eigenvalue weighted by Crippen LogP contribution is 2.29. The third-order valence-corrected chi connectivity index (χ3v) is 3.78. The maximum Gasteiger partial charge on any atom is 0.301 e. The zero-order chi connectivity index (χ0) is 14.5. The molecule has 1 aliphatic rings. The molecule has 8 nitrogen and oxygen atoms in total. The van der Waals surface area contributed by atoms with Crippen molar-refractivity contribution in [3.63, 3.8) is 0 Å². The monoisotopic (exact) mass is 296 g/mol. The Hall–Kier alpha value is -2.16. The van der Waals surface area contributed by atoms with E-state index < -0.39 is 9.85 Å². The number of benzene rings is 1. The summed E-state index contributed by atoms with van der Waals surface area (Å²) in [6.07, 6.45) is 1.69. The Kier molecular flexibility index (Phi) is 4.51. The normalized spacial score (nSPS) is 14.7. The van der Waals surface area contributed by atoms with E-state index in [0.717, 1.165) is 36.1 Å². The highest BCUT2D eigenvalue weighted by atomic mass is 32.2. The zero-order valence-corrected chi connectivity index (χ0v) is 11.3. The molecular weight excluding hydrogens is 284 g/mol. The summed E-state index contributed by atoms with van der Waals surface area (Å²) in [7, 11) is 0. The maximum absolute atomic E-state index is 10.9. The minimum atomic E-state index is -0.666. The standard InChI is InChI=1S/C11H12N4O4S/c16-14(17)9-1-2-10(11(7-9)15(18)19)13-12-8-3-5-20-6-4-8/h1-2,7,13H,3-6H2. The van der Waals surface area contributed by atoms with Crippen molar-refractivity contribution in [2.24, 2.45) is 5.10 Å². The summed E-state index contributed by atoms with van der Waals surface area (Å²) in [6, 6.07) is 3.45. The molecule has 1 heterocycles. The fraction of sp³-hybridized carbons (Fsp3) is 0.364. The summed E-state index contributed by atoms with van der Waals surface area (Å²) in [4.78, 5) is 20.2. The van der Waals surface area contributed by atoms with Crippen LogP contribution in [-0.2, 0) is 0 Å². The van der Waals surface area contributed by atoms with Crippen LogP contribution in [0.4, 0.5) is 17.1 Å². The molecule has 0 atom stereocenters. The molecule has 1 aliphatic heterocycles. The van der Waals surface area contributed by atoms with E-state index in [1.54, 1.807) is 0 Å². The predicted octanol–water partition coefficient (Wildman–Crippen LogP) is 2.80. The smallest absolute Gasteiger partial charge is 0.272 e. The zero-order valence-electron chi connectivity index (χ0n) is 10.4. The molecule has 0 spiro atoms. The summed E-state index contributed by atoms with van der Waals surface area (Å²) in [5.41, 5.74) is 3.09. The first kappa shape index (κ1) is 14.3. The Morgan fingerprint density at radius 3 is 2.45 bits per heavy atom. The van der Waals surface area contributed by atoms with Gasteiger partial charge in [0.15, 0.2) is 0 Å². The molecule has 1 fully saturated rings. The van der Waals surface area contributed by atoms with E-state index in [-0.39, 0.29) is 17.1 Å². The van der Waals surface area contributed by atoms with Gasteiger partial charge >= 0.3 is 5.69 Å². The number of nitro groups is 2. The number of thioether (sulfide) groups is 1. The van der Waals surface area contributed by atoms with Gasteiger partial charge in [-0.15, -0.1) is 0 Å². The molecule has 1 aromatic carbocycles. The Labute approximate surface area is 118 Å². The maximum atomic E-state index is 10.9. The van der Waals surface area contributed by atoms with Crippen LogP contribution in [0.2, 0.25) is 0 Å². The predicted molar refractivity (Wildman–Crippen MR) is 77.4 cm³/mol. The molecule has 20 heavy (non-hydrogen) atoms. The lowest BCUT2D eigenvalue weighted by Gasteiger charge is -2.12. The minimum absolute atomic E-state index is 0.159. The van der Waals surface area contributed by atoms with Crippen molar-refractivity contribution >= 4 is 34.5 Å². The SMILES string of the molecule is O=[N+]([O-])c1ccc(NN=C2CCSCC2)c([N+](=O)[O-])c1. The highest BCUT2D eigenvalue weighted by molar-refractivity contribution is 7.99. The third-order valence-electron chi connectivity index (χ3n) is 2.79. The van der Waals surface area contributed by atoms with Gasteiger partial charge in [0.05, 0.1) is 15.9 Å². The first-order chi connectivity index (χ1) is 9.58. The molecule has 0 aliphatic carbocycles. The van der Waals surface area contributed by atoms with Gasteiger partial charge in [-0.1, -0.05) is 0 Å². The van der Waals surface area contributed by atoms with Gasteiger partial charge in [-0.05, 0) is 30.4 Å².